The summed E-state index contributed by atoms with van der Waals surface area (Å²) in [5, 5.41) is 3.25. The van der Waals surface area contributed by atoms with Crippen LogP contribution < -0.4 is 5.32 Å². The number of hydrogen-bond acceptors (Lipinski definition) is 4. The number of nitrogens with one attached hydrogen (secondary N) is 1. The van der Waals surface area contributed by atoms with E-state index in [0.29, 0.717) is 32.8 Å². The van der Waals surface area contributed by atoms with Crippen molar-refractivity contribution in [2.75, 3.05) is 38.5 Å². The van der Waals surface area contributed by atoms with Crippen LogP contribution >= 0.6 is 0 Å². The fourth-order valence-corrected chi connectivity index (χ4v) is 4.10. The molecule has 1 aliphatic rings. The summed E-state index contributed by atoms with van der Waals surface area (Å²) in [6, 6.07) is 10.0. The van der Waals surface area contributed by atoms with Gasteiger partial charge in [0, 0.05) is 19.6 Å². The van der Waals surface area contributed by atoms with E-state index in [2.05, 4.69) is 10.3 Å². The fraction of sp³-hybridized carbons (Fsp3) is 0.611. The summed E-state index contributed by atoms with van der Waals surface area (Å²) in [6.07, 6.45) is 0. The molecule has 0 spiro atoms. The van der Waals surface area contributed by atoms with Crippen molar-refractivity contribution in [1.82, 2.24) is 10.2 Å². The number of ether oxygens (including phenoxy) is 1. The number of guanidine groups is 1. The van der Waals surface area contributed by atoms with Crippen LogP contribution in [0.1, 0.15) is 26.3 Å². The Morgan fingerprint density at radius 2 is 2.04 bits per heavy atom. The van der Waals surface area contributed by atoms with Crippen LogP contribution in [-0.2, 0) is 21.2 Å². The molecule has 2 rings (SSSR count). The Morgan fingerprint density at radius 1 is 1.32 bits per heavy atom. The predicted octanol–water partition coefficient (Wildman–Crippen LogP) is 1.68. The van der Waals surface area contributed by atoms with Crippen LogP contribution in [0.4, 0.5) is 0 Å². The maximum atomic E-state index is 12.2. The van der Waals surface area contributed by atoms with Gasteiger partial charge in [-0.25, -0.2) is 8.42 Å². The third-order valence-electron chi connectivity index (χ3n) is 4.29. The van der Waals surface area contributed by atoms with Gasteiger partial charge in [-0.15, -0.1) is 0 Å². The van der Waals surface area contributed by atoms with Gasteiger partial charge in [0.25, 0.3) is 0 Å². The Labute approximate surface area is 151 Å². The molecule has 1 saturated heterocycles. The number of hydrogen-bond donors (Lipinski definition) is 1. The van der Waals surface area contributed by atoms with E-state index in [-0.39, 0.29) is 5.75 Å². The maximum Gasteiger partial charge on any atom is 0.194 e. The zero-order valence-electron chi connectivity index (χ0n) is 15.4. The number of nitrogens with zero attached hydrogens (tertiary/aromatic N) is 2. The van der Waals surface area contributed by atoms with Crippen LogP contribution in [-0.4, -0.2) is 62.6 Å². The summed E-state index contributed by atoms with van der Waals surface area (Å²) in [5.74, 6) is 0.920. The van der Waals surface area contributed by atoms with E-state index in [1.54, 1.807) is 13.8 Å². The van der Waals surface area contributed by atoms with Crippen LogP contribution in [0, 0.1) is 0 Å². The molecule has 25 heavy (non-hydrogen) atoms. The molecule has 0 bridgehead atoms. The highest BCUT2D eigenvalue weighted by Gasteiger charge is 2.40. The number of rotatable bonds is 6. The number of aliphatic imine (C=N–C) groups is 1. The molecule has 0 amide bonds. The van der Waals surface area contributed by atoms with E-state index >= 15 is 0 Å². The molecular weight excluding hydrogens is 338 g/mol. The van der Waals surface area contributed by atoms with E-state index in [4.69, 9.17) is 4.74 Å². The maximum absolute atomic E-state index is 12.2. The molecule has 1 heterocycles. The smallest absolute Gasteiger partial charge is 0.194 e. The molecule has 0 saturated carbocycles. The molecule has 1 N–H and O–H groups in total. The SMILES string of the molecule is CCNC(=NCCOCc1ccccc1)N1CCS(=O)(=O)C(C)(C)C1. The van der Waals surface area contributed by atoms with Gasteiger partial charge in [0.2, 0.25) is 0 Å². The van der Waals surface area contributed by atoms with Crippen molar-refractivity contribution in [1.29, 1.82) is 0 Å². The lowest BCUT2D eigenvalue weighted by molar-refractivity contribution is 0.128. The average molecular weight is 368 g/mol. The van der Waals surface area contributed by atoms with Crippen molar-refractivity contribution >= 4 is 15.8 Å². The third kappa shape index (κ3) is 5.44. The Hall–Kier alpha value is -1.60. The van der Waals surface area contributed by atoms with Crippen LogP contribution in [0.15, 0.2) is 35.3 Å². The van der Waals surface area contributed by atoms with Crippen LogP contribution in [0.3, 0.4) is 0 Å². The molecule has 1 aromatic carbocycles. The Morgan fingerprint density at radius 3 is 2.68 bits per heavy atom. The molecule has 0 aliphatic carbocycles. The zero-order chi connectivity index (χ0) is 18.3. The predicted molar refractivity (Wildman–Crippen MR) is 102 cm³/mol. The molecule has 1 fully saturated rings. The molecule has 1 aromatic rings. The van der Waals surface area contributed by atoms with E-state index < -0.39 is 14.6 Å². The molecule has 0 radical (unpaired) electrons. The Kier molecular flexibility index (Phi) is 6.84. The van der Waals surface area contributed by atoms with E-state index in [1.807, 2.05) is 42.2 Å². The van der Waals surface area contributed by atoms with Crippen molar-refractivity contribution in [2.45, 2.75) is 32.1 Å². The Balaban J connectivity index is 1.88. The summed E-state index contributed by atoms with van der Waals surface area (Å²) in [6.45, 7) is 8.87. The van der Waals surface area contributed by atoms with Gasteiger partial charge in [0.05, 0.1) is 30.3 Å². The molecule has 0 atom stereocenters. The van der Waals surface area contributed by atoms with E-state index in [0.717, 1.165) is 18.1 Å². The van der Waals surface area contributed by atoms with Gasteiger partial charge in [-0.3, -0.25) is 4.99 Å². The molecule has 140 valence electrons. The zero-order valence-corrected chi connectivity index (χ0v) is 16.2. The minimum atomic E-state index is -3.05. The standard InChI is InChI=1S/C18H29N3O3S/c1-4-19-17(21-11-13-25(22,23)18(2,3)15-21)20-10-12-24-14-16-8-6-5-7-9-16/h5-9H,4,10-15H2,1-3H3,(H,19,20). The van der Waals surface area contributed by atoms with Crippen molar-refractivity contribution < 1.29 is 13.2 Å². The van der Waals surface area contributed by atoms with Gasteiger partial charge < -0.3 is 15.0 Å². The molecule has 7 heteroatoms. The summed E-state index contributed by atoms with van der Waals surface area (Å²) in [4.78, 5) is 6.62. The largest absolute Gasteiger partial charge is 0.375 e. The number of benzene rings is 1. The van der Waals surface area contributed by atoms with Crippen LogP contribution in [0.2, 0.25) is 0 Å². The van der Waals surface area contributed by atoms with Gasteiger partial charge >= 0.3 is 0 Å². The Bertz CT molecular complexity index is 672. The fourth-order valence-electron chi connectivity index (χ4n) is 2.73. The molecular formula is C18H29N3O3S. The van der Waals surface area contributed by atoms with Gasteiger partial charge in [-0.05, 0) is 26.3 Å². The van der Waals surface area contributed by atoms with Gasteiger partial charge in [0.1, 0.15) is 0 Å². The van der Waals surface area contributed by atoms with Crippen LogP contribution in [0.25, 0.3) is 0 Å². The highest BCUT2D eigenvalue weighted by atomic mass is 32.2. The molecule has 6 nitrogen and oxygen atoms in total. The second-order valence-electron chi connectivity index (χ2n) is 6.77. The van der Waals surface area contributed by atoms with Crippen molar-refractivity contribution in [3.63, 3.8) is 0 Å². The van der Waals surface area contributed by atoms with Gasteiger partial charge in [-0.1, -0.05) is 30.3 Å². The topological polar surface area (TPSA) is 71.0 Å². The summed E-state index contributed by atoms with van der Waals surface area (Å²) in [7, 11) is -3.05. The number of sulfone groups is 1. The summed E-state index contributed by atoms with van der Waals surface area (Å²) >= 11 is 0. The quantitative estimate of drug-likeness (QED) is 0.471. The molecule has 0 unspecified atom stereocenters. The van der Waals surface area contributed by atoms with Crippen molar-refractivity contribution in [3.8, 4) is 0 Å². The molecule has 1 aliphatic heterocycles. The summed E-state index contributed by atoms with van der Waals surface area (Å²) < 4.78 is 29.2. The summed E-state index contributed by atoms with van der Waals surface area (Å²) in [5.41, 5.74) is 1.14. The van der Waals surface area contributed by atoms with Crippen LogP contribution in [0.5, 0.6) is 0 Å². The highest BCUT2D eigenvalue weighted by molar-refractivity contribution is 7.92. The van der Waals surface area contributed by atoms with Gasteiger partial charge in [0.15, 0.2) is 15.8 Å². The molecule has 0 aromatic heterocycles. The first kappa shape index (κ1) is 19.7. The first-order chi connectivity index (χ1) is 11.9. The minimum absolute atomic E-state index is 0.162. The van der Waals surface area contributed by atoms with E-state index in [9.17, 15) is 8.42 Å². The lowest BCUT2D eigenvalue weighted by atomic mass is 10.2. The van der Waals surface area contributed by atoms with Crippen molar-refractivity contribution in [2.24, 2.45) is 4.99 Å². The first-order valence-corrected chi connectivity index (χ1v) is 10.4. The third-order valence-corrected chi connectivity index (χ3v) is 6.82. The second kappa shape index (κ2) is 8.67. The highest BCUT2D eigenvalue weighted by Crippen LogP contribution is 2.23. The normalized spacial score (nSPS) is 19.6. The lowest BCUT2D eigenvalue weighted by Crippen LogP contribution is -2.57. The van der Waals surface area contributed by atoms with E-state index in [1.165, 1.54) is 0 Å². The second-order valence-corrected chi connectivity index (χ2v) is 9.52. The monoisotopic (exact) mass is 367 g/mol. The first-order valence-electron chi connectivity index (χ1n) is 8.73. The van der Waals surface area contributed by atoms with Gasteiger partial charge in [-0.2, -0.15) is 0 Å². The average Bonchev–Trinajstić information content (AvgIpc) is 2.57. The minimum Gasteiger partial charge on any atom is -0.375 e. The lowest BCUT2D eigenvalue weighted by Gasteiger charge is -2.39. The van der Waals surface area contributed by atoms with Crippen molar-refractivity contribution in [3.05, 3.63) is 35.9 Å².